The van der Waals surface area contributed by atoms with E-state index in [9.17, 15) is 0 Å². The summed E-state index contributed by atoms with van der Waals surface area (Å²) in [4.78, 5) is 4.21. The number of nitrogens with zero attached hydrogens (tertiary/aromatic N) is 1. The second kappa shape index (κ2) is 4.37. The van der Waals surface area contributed by atoms with Crippen molar-refractivity contribution >= 4 is 33.9 Å². The van der Waals surface area contributed by atoms with E-state index < -0.39 is 0 Å². The van der Waals surface area contributed by atoms with Crippen LogP contribution in [-0.4, -0.2) is 4.98 Å². The van der Waals surface area contributed by atoms with Gasteiger partial charge in [-0.05, 0) is 40.3 Å². The second-order valence-electron chi connectivity index (χ2n) is 2.95. The smallest absolute Gasteiger partial charge is 0.0795 e. The number of nitrogens with two attached hydrogens (primary N) is 1. The van der Waals surface area contributed by atoms with E-state index in [1.165, 1.54) is 3.57 Å². The van der Waals surface area contributed by atoms with E-state index in [1.807, 2.05) is 23.0 Å². The Labute approximate surface area is 100 Å². The molecule has 14 heavy (non-hydrogen) atoms. The molecule has 0 fully saturated rings. The molecule has 2 nitrogen and oxygen atoms in total. The lowest BCUT2D eigenvalue weighted by Gasteiger charge is -2.09. The summed E-state index contributed by atoms with van der Waals surface area (Å²) in [6.45, 7) is 0. The number of thiazole rings is 1. The molecule has 2 aromatic rings. The van der Waals surface area contributed by atoms with E-state index in [-0.39, 0.29) is 6.04 Å². The molecule has 0 spiro atoms. The summed E-state index contributed by atoms with van der Waals surface area (Å²) in [7, 11) is 0. The van der Waals surface area contributed by atoms with Crippen LogP contribution >= 0.6 is 33.9 Å². The number of hydrogen-bond acceptors (Lipinski definition) is 3. The van der Waals surface area contributed by atoms with Crippen LogP contribution < -0.4 is 5.73 Å². The van der Waals surface area contributed by atoms with Gasteiger partial charge in [-0.15, -0.1) is 11.3 Å². The third kappa shape index (κ3) is 2.13. The zero-order chi connectivity index (χ0) is 9.97. The van der Waals surface area contributed by atoms with Gasteiger partial charge in [0.1, 0.15) is 0 Å². The number of rotatable bonds is 2. The van der Waals surface area contributed by atoms with Gasteiger partial charge in [-0.2, -0.15) is 0 Å². The van der Waals surface area contributed by atoms with Crippen LogP contribution in [0, 0.1) is 3.57 Å². The van der Waals surface area contributed by atoms with Gasteiger partial charge in [0.05, 0.1) is 17.2 Å². The molecular weight excluding hydrogens is 307 g/mol. The molecular formula is C10H9IN2S. The first-order chi connectivity index (χ1) is 6.77. The zero-order valence-electron chi connectivity index (χ0n) is 7.35. The second-order valence-corrected chi connectivity index (χ2v) is 4.91. The highest BCUT2D eigenvalue weighted by Gasteiger charge is 2.10. The summed E-state index contributed by atoms with van der Waals surface area (Å²) in [5.41, 5.74) is 9.93. The molecule has 0 aliphatic carbocycles. The molecule has 2 N–H and O–H groups in total. The van der Waals surface area contributed by atoms with E-state index in [0.717, 1.165) is 11.3 Å². The van der Waals surface area contributed by atoms with Crippen LogP contribution in [0.1, 0.15) is 17.3 Å². The molecule has 0 aliphatic rings. The molecule has 4 heteroatoms. The average Bonchev–Trinajstić information content (AvgIpc) is 2.69. The molecule has 0 amide bonds. The van der Waals surface area contributed by atoms with Crippen LogP contribution in [0.3, 0.4) is 0 Å². The van der Waals surface area contributed by atoms with Crippen LogP contribution in [0.15, 0.2) is 35.2 Å². The Morgan fingerprint density at radius 2 is 2.29 bits per heavy atom. The molecule has 72 valence electrons. The van der Waals surface area contributed by atoms with Gasteiger partial charge in [0.15, 0.2) is 0 Å². The first-order valence-electron chi connectivity index (χ1n) is 4.16. The van der Waals surface area contributed by atoms with Crippen molar-refractivity contribution < 1.29 is 0 Å². The van der Waals surface area contributed by atoms with E-state index in [1.54, 1.807) is 11.3 Å². The molecule has 1 aromatic carbocycles. The monoisotopic (exact) mass is 316 g/mol. The Kier molecular flexibility index (Phi) is 3.15. The Morgan fingerprint density at radius 3 is 2.93 bits per heavy atom. The van der Waals surface area contributed by atoms with Crippen molar-refractivity contribution in [1.82, 2.24) is 4.98 Å². The van der Waals surface area contributed by atoms with Crippen molar-refractivity contribution in [3.05, 3.63) is 50.0 Å². The Hall–Kier alpha value is -0.460. The van der Waals surface area contributed by atoms with E-state index in [0.29, 0.717) is 0 Å². The summed E-state index contributed by atoms with van der Waals surface area (Å²) in [5, 5.41) is 1.99. The summed E-state index contributed by atoms with van der Waals surface area (Å²) in [6.07, 6.45) is 0. The molecule has 1 heterocycles. The fourth-order valence-electron chi connectivity index (χ4n) is 1.25. The van der Waals surface area contributed by atoms with Gasteiger partial charge in [-0.1, -0.05) is 12.1 Å². The summed E-state index contributed by atoms with van der Waals surface area (Å²) < 4.78 is 1.20. The minimum absolute atomic E-state index is 0.101. The molecule has 0 saturated carbocycles. The van der Waals surface area contributed by atoms with Crippen molar-refractivity contribution in [2.45, 2.75) is 6.04 Å². The molecule has 1 atom stereocenters. The summed E-state index contributed by atoms with van der Waals surface area (Å²) >= 11 is 3.86. The molecule has 0 radical (unpaired) electrons. The van der Waals surface area contributed by atoms with Gasteiger partial charge in [-0.3, -0.25) is 0 Å². The van der Waals surface area contributed by atoms with Crippen LogP contribution in [0.5, 0.6) is 0 Å². The van der Waals surface area contributed by atoms with Crippen molar-refractivity contribution in [1.29, 1.82) is 0 Å². The highest BCUT2D eigenvalue weighted by atomic mass is 127. The van der Waals surface area contributed by atoms with Gasteiger partial charge in [0.2, 0.25) is 0 Å². The van der Waals surface area contributed by atoms with Gasteiger partial charge in [-0.25, -0.2) is 4.98 Å². The summed E-state index contributed by atoms with van der Waals surface area (Å²) in [5.74, 6) is 0. The normalized spacial score (nSPS) is 12.7. The predicted octanol–water partition coefficient (Wildman–Crippen LogP) is 2.80. The van der Waals surface area contributed by atoms with Crippen molar-refractivity contribution in [3.63, 3.8) is 0 Å². The topological polar surface area (TPSA) is 38.9 Å². The predicted molar refractivity (Wildman–Crippen MR) is 67.3 cm³/mol. The lowest BCUT2D eigenvalue weighted by Crippen LogP contribution is -2.12. The van der Waals surface area contributed by atoms with E-state index >= 15 is 0 Å². The number of aromatic nitrogens is 1. The molecule has 0 saturated heterocycles. The van der Waals surface area contributed by atoms with Crippen molar-refractivity contribution in [2.24, 2.45) is 5.73 Å². The lowest BCUT2D eigenvalue weighted by molar-refractivity contribution is 0.838. The maximum atomic E-state index is 6.07. The first-order valence-corrected chi connectivity index (χ1v) is 6.18. The zero-order valence-corrected chi connectivity index (χ0v) is 10.3. The van der Waals surface area contributed by atoms with Gasteiger partial charge < -0.3 is 5.73 Å². The fraction of sp³-hybridized carbons (Fsp3) is 0.100. The summed E-state index contributed by atoms with van der Waals surface area (Å²) in [6, 6.07) is 8.09. The van der Waals surface area contributed by atoms with Gasteiger partial charge in [0.25, 0.3) is 0 Å². The van der Waals surface area contributed by atoms with Crippen LogP contribution in [0.4, 0.5) is 0 Å². The third-order valence-electron chi connectivity index (χ3n) is 1.98. The van der Waals surface area contributed by atoms with Gasteiger partial charge in [0, 0.05) is 8.95 Å². The third-order valence-corrected chi connectivity index (χ3v) is 3.25. The van der Waals surface area contributed by atoms with E-state index in [4.69, 9.17) is 5.73 Å². The fourth-order valence-corrected chi connectivity index (χ4v) is 2.40. The van der Waals surface area contributed by atoms with Crippen LogP contribution in [0.25, 0.3) is 0 Å². The Morgan fingerprint density at radius 1 is 1.43 bits per heavy atom. The lowest BCUT2D eigenvalue weighted by atomic mass is 10.1. The number of halogens is 1. The highest BCUT2D eigenvalue weighted by Crippen LogP contribution is 2.20. The van der Waals surface area contributed by atoms with Gasteiger partial charge >= 0.3 is 0 Å². The quantitative estimate of drug-likeness (QED) is 0.865. The largest absolute Gasteiger partial charge is 0.319 e. The molecule has 2 rings (SSSR count). The highest BCUT2D eigenvalue weighted by molar-refractivity contribution is 14.1. The SMILES string of the molecule is NC(c1cccc(I)c1)c1cscn1. The molecule has 0 bridgehead atoms. The Balaban J connectivity index is 2.32. The Bertz CT molecular complexity index is 414. The minimum atomic E-state index is -0.101. The number of hydrogen-bond donors (Lipinski definition) is 1. The first kappa shape index (κ1) is 10.1. The minimum Gasteiger partial charge on any atom is -0.319 e. The number of benzene rings is 1. The van der Waals surface area contributed by atoms with E-state index in [2.05, 4.69) is 39.7 Å². The van der Waals surface area contributed by atoms with Crippen LogP contribution in [-0.2, 0) is 0 Å². The standard InChI is InChI=1S/C10H9IN2S/c11-8-3-1-2-7(4-8)10(12)9-5-14-6-13-9/h1-6,10H,12H2. The maximum Gasteiger partial charge on any atom is 0.0795 e. The molecule has 1 aromatic heterocycles. The van der Waals surface area contributed by atoms with Crippen molar-refractivity contribution in [2.75, 3.05) is 0 Å². The average molecular weight is 316 g/mol. The maximum absolute atomic E-state index is 6.07. The molecule has 1 unspecified atom stereocenters. The van der Waals surface area contributed by atoms with Crippen molar-refractivity contribution in [3.8, 4) is 0 Å². The van der Waals surface area contributed by atoms with Crippen LogP contribution in [0.2, 0.25) is 0 Å². The molecule has 0 aliphatic heterocycles.